The van der Waals surface area contributed by atoms with Gasteiger partial charge in [-0.15, -0.1) is 19.0 Å². The summed E-state index contributed by atoms with van der Waals surface area (Å²) in [6, 6.07) is 4.90. The molecular formula is C12H18ClNO2. The van der Waals surface area contributed by atoms with E-state index in [0.717, 1.165) is 18.4 Å². The minimum Gasteiger partial charge on any atom is -0.508 e. The fourth-order valence-electron chi connectivity index (χ4n) is 1.46. The molecule has 0 saturated heterocycles. The number of hydrogen-bond donors (Lipinski definition) is 2. The highest BCUT2D eigenvalue weighted by molar-refractivity contribution is 5.85. The van der Waals surface area contributed by atoms with Crippen molar-refractivity contribution < 1.29 is 9.84 Å². The summed E-state index contributed by atoms with van der Waals surface area (Å²) in [7, 11) is 1.57. The normalized spacial score (nSPS) is 11.4. The summed E-state index contributed by atoms with van der Waals surface area (Å²) in [5.41, 5.74) is 6.91. The molecule has 1 aromatic carbocycles. The highest BCUT2D eigenvalue weighted by Crippen LogP contribution is 2.29. The molecule has 0 radical (unpaired) electrons. The number of hydrogen-bond acceptors (Lipinski definition) is 3. The van der Waals surface area contributed by atoms with Gasteiger partial charge in [-0.1, -0.05) is 12.1 Å². The van der Waals surface area contributed by atoms with E-state index in [9.17, 15) is 5.11 Å². The van der Waals surface area contributed by atoms with Crippen molar-refractivity contribution in [2.45, 2.75) is 18.9 Å². The molecule has 1 aromatic rings. The average Bonchev–Trinajstić information content (AvgIpc) is 2.25. The van der Waals surface area contributed by atoms with Crippen molar-refractivity contribution in [1.82, 2.24) is 0 Å². The van der Waals surface area contributed by atoms with E-state index in [-0.39, 0.29) is 24.2 Å². The summed E-state index contributed by atoms with van der Waals surface area (Å²) in [5.74, 6) is 0.818. The smallest absolute Gasteiger partial charge is 0.127 e. The van der Waals surface area contributed by atoms with Crippen LogP contribution in [0.3, 0.4) is 0 Å². The first-order valence-corrected chi connectivity index (χ1v) is 4.92. The second kappa shape index (κ2) is 7.14. The van der Waals surface area contributed by atoms with Crippen molar-refractivity contribution in [2.24, 2.45) is 5.73 Å². The zero-order valence-corrected chi connectivity index (χ0v) is 10.2. The van der Waals surface area contributed by atoms with Crippen molar-refractivity contribution in [1.29, 1.82) is 0 Å². The molecular weight excluding hydrogens is 226 g/mol. The molecule has 3 nitrogen and oxygen atoms in total. The van der Waals surface area contributed by atoms with E-state index < -0.39 is 0 Å². The molecule has 0 saturated carbocycles. The third-order valence-electron chi connectivity index (χ3n) is 2.30. The highest BCUT2D eigenvalue weighted by atomic mass is 35.5. The van der Waals surface area contributed by atoms with Crippen LogP contribution in [0, 0.1) is 0 Å². The van der Waals surface area contributed by atoms with Crippen LogP contribution in [-0.4, -0.2) is 12.2 Å². The van der Waals surface area contributed by atoms with Crippen molar-refractivity contribution in [3.8, 4) is 11.5 Å². The number of nitrogens with two attached hydrogens (primary N) is 1. The van der Waals surface area contributed by atoms with Gasteiger partial charge in [0.1, 0.15) is 11.5 Å². The summed E-state index contributed by atoms with van der Waals surface area (Å²) >= 11 is 0. The first-order chi connectivity index (χ1) is 7.19. The minimum atomic E-state index is -0.0847. The third kappa shape index (κ3) is 3.76. The minimum absolute atomic E-state index is 0. The lowest BCUT2D eigenvalue weighted by molar-refractivity contribution is 0.397. The van der Waals surface area contributed by atoms with Crippen molar-refractivity contribution in [3.63, 3.8) is 0 Å². The number of methoxy groups -OCH3 is 1. The first-order valence-electron chi connectivity index (χ1n) is 4.92. The summed E-state index contributed by atoms with van der Waals surface area (Å²) in [4.78, 5) is 0. The van der Waals surface area contributed by atoms with Crippen molar-refractivity contribution >= 4 is 12.4 Å². The molecule has 0 fully saturated rings. The predicted molar refractivity (Wildman–Crippen MR) is 68.3 cm³/mol. The number of benzene rings is 1. The quantitative estimate of drug-likeness (QED) is 0.782. The van der Waals surface area contributed by atoms with Crippen LogP contribution < -0.4 is 10.5 Å². The third-order valence-corrected chi connectivity index (χ3v) is 2.30. The van der Waals surface area contributed by atoms with Gasteiger partial charge in [0, 0.05) is 17.7 Å². The summed E-state index contributed by atoms with van der Waals surface area (Å²) in [6.07, 6.45) is 3.53. The van der Waals surface area contributed by atoms with Gasteiger partial charge in [-0.3, -0.25) is 0 Å². The molecule has 0 aliphatic heterocycles. The first kappa shape index (κ1) is 14.8. The fourth-order valence-corrected chi connectivity index (χ4v) is 1.46. The van der Waals surface area contributed by atoms with Crippen molar-refractivity contribution in [3.05, 3.63) is 36.4 Å². The number of allylic oxidation sites excluding steroid dienone is 1. The van der Waals surface area contributed by atoms with Gasteiger partial charge < -0.3 is 15.6 Å². The molecule has 1 rings (SSSR count). The Balaban J connectivity index is 0.00000225. The molecule has 90 valence electrons. The Bertz CT molecular complexity index is 342. The average molecular weight is 244 g/mol. The van der Waals surface area contributed by atoms with Crippen LogP contribution in [0.5, 0.6) is 11.5 Å². The topological polar surface area (TPSA) is 55.5 Å². The van der Waals surface area contributed by atoms with Gasteiger partial charge in [0.2, 0.25) is 0 Å². The van der Waals surface area contributed by atoms with Crippen LogP contribution in [0.15, 0.2) is 30.9 Å². The lowest BCUT2D eigenvalue weighted by Gasteiger charge is -2.15. The van der Waals surface area contributed by atoms with Crippen LogP contribution in [-0.2, 0) is 0 Å². The molecule has 16 heavy (non-hydrogen) atoms. The molecule has 0 bridgehead atoms. The Hall–Kier alpha value is -1.19. The van der Waals surface area contributed by atoms with E-state index in [1.165, 1.54) is 0 Å². The largest absolute Gasteiger partial charge is 0.508 e. The molecule has 0 heterocycles. The SMILES string of the molecule is C=CCC[C@@H](N)c1ccc(O)cc1OC.Cl. The molecule has 0 amide bonds. The zero-order valence-electron chi connectivity index (χ0n) is 9.35. The number of aromatic hydroxyl groups is 1. The maximum atomic E-state index is 9.29. The maximum absolute atomic E-state index is 9.29. The highest BCUT2D eigenvalue weighted by Gasteiger charge is 2.11. The van der Waals surface area contributed by atoms with E-state index >= 15 is 0 Å². The standard InChI is InChI=1S/C12H17NO2.ClH/c1-3-4-5-11(13)10-7-6-9(14)8-12(10)15-2;/h3,6-8,11,14H,1,4-5,13H2,2H3;1H/t11-;/m1./s1. The Morgan fingerprint density at radius 3 is 2.81 bits per heavy atom. The molecule has 1 atom stereocenters. The van der Waals surface area contributed by atoms with Crippen LogP contribution in [0.2, 0.25) is 0 Å². The van der Waals surface area contributed by atoms with E-state index in [4.69, 9.17) is 10.5 Å². The lowest BCUT2D eigenvalue weighted by Crippen LogP contribution is -2.11. The molecule has 0 unspecified atom stereocenters. The molecule has 0 aromatic heterocycles. The van der Waals surface area contributed by atoms with E-state index in [0.29, 0.717) is 5.75 Å². The zero-order chi connectivity index (χ0) is 11.3. The van der Waals surface area contributed by atoms with Crippen LogP contribution in [0.25, 0.3) is 0 Å². The number of phenolic OH excluding ortho intramolecular Hbond substituents is 1. The molecule has 0 aliphatic rings. The van der Waals surface area contributed by atoms with Gasteiger partial charge in [0.25, 0.3) is 0 Å². The molecule has 4 heteroatoms. The molecule has 0 spiro atoms. The maximum Gasteiger partial charge on any atom is 0.127 e. The number of halogens is 1. The predicted octanol–water partition coefficient (Wildman–Crippen LogP) is 2.79. The van der Waals surface area contributed by atoms with E-state index in [1.807, 2.05) is 6.08 Å². The van der Waals surface area contributed by atoms with Crippen LogP contribution in [0.4, 0.5) is 0 Å². The van der Waals surface area contributed by atoms with Crippen LogP contribution >= 0.6 is 12.4 Å². The Morgan fingerprint density at radius 1 is 1.56 bits per heavy atom. The monoisotopic (exact) mass is 243 g/mol. The number of phenols is 1. The van der Waals surface area contributed by atoms with Crippen LogP contribution in [0.1, 0.15) is 24.4 Å². The van der Waals surface area contributed by atoms with Gasteiger partial charge in [-0.25, -0.2) is 0 Å². The lowest BCUT2D eigenvalue weighted by atomic mass is 10.0. The fraction of sp³-hybridized carbons (Fsp3) is 0.333. The van der Waals surface area contributed by atoms with E-state index in [1.54, 1.807) is 25.3 Å². The Labute approximate surface area is 102 Å². The summed E-state index contributed by atoms with van der Waals surface area (Å²) in [5, 5.41) is 9.29. The van der Waals surface area contributed by atoms with Gasteiger partial charge in [-0.2, -0.15) is 0 Å². The van der Waals surface area contributed by atoms with E-state index in [2.05, 4.69) is 6.58 Å². The van der Waals surface area contributed by atoms with Gasteiger partial charge in [-0.05, 0) is 18.9 Å². The molecule has 3 N–H and O–H groups in total. The molecule has 0 aliphatic carbocycles. The van der Waals surface area contributed by atoms with Gasteiger partial charge in [0.05, 0.1) is 7.11 Å². The summed E-state index contributed by atoms with van der Waals surface area (Å²) in [6.45, 7) is 3.66. The second-order valence-electron chi connectivity index (χ2n) is 3.40. The summed E-state index contributed by atoms with van der Waals surface area (Å²) < 4.78 is 5.16. The van der Waals surface area contributed by atoms with Gasteiger partial charge in [0.15, 0.2) is 0 Å². The Kier molecular flexibility index (Phi) is 6.61. The van der Waals surface area contributed by atoms with Crippen molar-refractivity contribution in [2.75, 3.05) is 7.11 Å². The Morgan fingerprint density at radius 2 is 2.25 bits per heavy atom. The second-order valence-corrected chi connectivity index (χ2v) is 3.40. The number of ether oxygens (including phenoxy) is 1. The number of rotatable bonds is 5. The van der Waals surface area contributed by atoms with Gasteiger partial charge >= 0.3 is 0 Å².